The lowest BCUT2D eigenvalue weighted by Gasteiger charge is -2.39. The van der Waals surface area contributed by atoms with Gasteiger partial charge in [0.2, 0.25) is 0 Å². The lowest BCUT2D eigenvalue weighted by molar-refractivity contribution is -0.0760. The Hall–Kier alpha value is -1.85. The fourth-order valence-corrected chi connectivity index (χ4v) is 3.87. The fraction of sp³-hybridized carbons (Fsp3) is 0.500. The predicted molar refractivity (Wildman–Crippen MR) is 88.1 cm³/mol. The number of nitrogens with one attached hydrogen (secondary N) is 1. The van der Waals surface area contributed by atoms with Crippen LogP contribution in [0.4, 0.5) is 5.69 Å². The zero-order valence-electron chi connectivity index (χ0n) is 13.2. The first-order valence-corrected chi connectivity index (χ1v) is 8.42. The summed E-state index contributed by atoms with van der Waals surface area (Å²) in [6.07, 6.45) is 8.15. The van der Waals surface area contributed by atoms with E-state index in [-0.39, 0.29) is 0 Å². The maximum absolute atomic E-state index is 6.12. The normalized spacial score (nSPS) is 27.7. The molecule has 2 fully saturated rings. The molecule has 122 valence electrons. The van der Waals surface area contributed by atoms with Gasteiger partial charge in [0.25, 0.3) is 0 Å². The number of hydrogen-bond acceptors (Lipinski definition) is 5. The van der Waals surface area contributed by atoms with Crippen molar-refractivity contribution >= 4 is 5.69 Å². The van der Waals surface area contributed by atoms with Gasteiger partial charge in [-0.2, -0.15) is 0 Å². The van der Waals surface area contributed by atoms with Crippen molar-refractivity contribution in [3.63, 3.8) is 0 Å². The number of rotatable bonds is 5. The number of anilines is 1. The Kier molecular flexibility index (Phi) is 4.30. The number of fused-ring (bicyclic) bond motifs is 1. The SMILES string of the molecule is c1cncc(NCC2CCC3C2OCCN3Cc2ccco2)c1. The van der Waals surface area contributed by atoms with Crippen LogP contribution in [0.15, 0.2) is 47.3 Å². The Labute approximate surface area is 136 Å². The van der Waals surface area contributed by atoms with E-state index in [1.54, 1.807) is 12.5 Å². The summed E-state index contributed by atoms with van der Waals surface area (Å²) in [5.41, 5.74) is 1.08. The molecule has 1 N–H and O–H groups in total. The molecule has 2 aromatic heterocycles. The van der Waals surface area contributed by atoms with E-state index in [9.17, 15) is 0 Å². The van der Waals surface area contributed by atoms with E-state index >= 15 is 0 Å². The van der Waals surface area contributed by atoms with Gasteiger partial charge in [0.1, 0.15) is 5.76 Å². The highest BCUT2D eigenvalue weighted by molar-refractivity contribution is 5.39. The predicted octanol–water partition coefficient (Wildman–Crippen LogP) is 2.77. The molecule has 2 aromatic rings. The van der Waals surface area contributed by atoms with Crippen LogP contribution in [0.25, 0.3) is 0 Å². The van der Waals surface area contributed by atoms with Gasteiger partial charge in [-0.3, -0.25) is 9.88 Å². The highest BCUT2D eigenvalue weighted by Crippen LogP contribution is 2.35. The van der Waals surface area contributed by atoms with Crippen LogP contribution in [0.3, 0.4) is 0 Å². The van der Waals surface area contributed by atoms with Crippen molar-refractivity contribution in [3.8, 4) is 0 Å². The molecule has 1 saturated heterocycles. The third-order valence-electron chi connectivity index (χ3n) is 5.00. The fourth-order valence-electron chi connectivity index (χ4n) is 3.87. The Morgan fingerprint density at radius 1 is 1.26 bits per heavy atom. The summed E-state index contributed by atoms with van der Waals surface area (Å²) < 4.78 is 11.6. The lowest BCUT2D eigenvalue weighted by Crippen LogP contribution is -2.50. The summed E-state index contributed by atoms with van der Waals surface area (Å²) in [6.45, 7) is 3.64. The standard InChI is InChI=1S/C18H23N3O2/c1-3-15(12-19-7-1)20-11-14-5-6-17-18(14)23-10-8-21(17)13-16-4-2-9-22-16/h1-4,7,9,12,14,17-18,20H,5-6,8,10-11,13H2. The van der Waals surface area contributed by atoms with Crippen molar-refractivity contribution in [2.24, 2.45) is 5.92 Å². The molecule has 0 radical (unpaired) electrons. The van der Waals surface area contributed by atoms with Crippen LogP contribution in [0, 0.1) is 5.92 Å². The number of aromatic nitrogens is 1. The summed E-state index contributed by atoms with van der Waals surface area (Å²) in [7, 11) is 0. The second-order valence-electron chi connectivity index (χ2n) is 6.41. The number of hydrogen-bond donors (Lipinski definition) is 1. The van der Waals surface area contributed by atoms with Crippen molar-refractivity contribution in [2.45, 2.75) is 31.5 Å². The summed E-state index contributed by atoms with van der Waals surface area (Å²) in [5.74, 6) is 1.60. The summed E-state index contributed by atoms with van der Waals surface area (Å²) in [4.78, 5) is 6.68. The molecule has 23 heavy (non-hydrogen) atoms. The summed E-state index contributed by atoms with van der Waals surface area (Å²) >= 11 is 0. The molecule has 2 aliphatic rings. The van der Waals surface area contributed by atoms with Gasteiger partial charge in [0, 0.05) is 37.4 Å². The molecule has 0 bridgehead atoms. The van der Waals surface area contributed by atoms with Crippen molar-refractivity contribution < 1.29 is 9.15 Å². The summed E-state index contributed by atoms with van der Waals surface area (Å²) in [6, 6.07) is 8.55. The van der Waals surface area contributed by atoms with Gasteiger partial charge in [-0.25, -0.2) is 0 Å². The molecule has 3 heterocycles. The monoisotopic (exact) mass is 313 g/mol. The van der Waals surface area contributed by atoms with Crippen LogP contribution in [-0.4, -0.2) is 41.7 Å². The molecule has 1 aliphatic carbocycles. The second kappa shape index (κ2) is 6.72. The second-order valence-corrected chi connectivity index (χ2v) is 6.41. The number of ether oxygens (including phenoxy) is 1. The minimum Gasteiger partial charge on any atom is -0.468 e. The maximum atomic E-state index is 6.12. The van der Waals surface area contributed by atoms with Crippen LogP contribution < -0.4 is 5.32 Å². The van der Waals surface area contributed by atoms with E-state index in [2.05, 4.69) is 27.3 Å². The smallest absolute Gasteiger partial charge is 0.117 e. The van der Waals surface area contributed by atoms with Gasteiger partial charge in [0.05, 0.1) is 31.2 Å². The van der Waals surface area contributed by atoms with Crippen molar-refractivity contribution in [3.05, 3.63) is 48.7 Å². The number of nitrogens with zero attached hydrogens (tertiary/aromatic N) is 2. The van der Waals surface area contributed by atoms with E-state index in [4.69, 9.17) is 9.15 Å². The molecular formula is C18H23N3O2. The van der Waals surface area contributed by atoms with Crippen LogP contribution in [0.2, 0.25) is 0 Å². The largest absolute Gasteiger partial charge is 0.468 e. The Balaban J connectivity index is 1.37. The number of pyridine rings is 1. The molecule has 0 aromatic carbocycles. The zero-order valence-corrected chi connectivity index (χ0v) is 13.2. The van der Waals surface area contributed by atoms with Gasteiger partial charge in [-0.05, 0) is 37.1 Å². The maximum Gasteiger partial charge on any atom is 0.117 e. The molecule has 1 aliphatic heterocycles. The van der Waals surface area contributed by atoms with Gasteiger partial charge >= 0.3 is 0 Å². The third-order valence-corrected chi connectivity index (χ3v) is 5.00. The van der Waals surface area contributed by atoms with E-state index in [0.29, 0.717) is 18.1 Å². The molecule has 3 unspecified atom stereocenters. The number of furan rings is 1. The van der Waals surface area contributed by atoms with Gasteiger partial charge in [-0.15, -0.1) is 0 Å². The van der Waals surface area contributed by atoms with Crippen molar-refractivity contribution in [1.29, 1.82) is 0 Å². The van der Waals surface area contributed by atoms with Crippen LogP contribution in [0.1, 0.15) is 18.6 Å². The molecule has 5 heteroatoms. The third kappa shape index (κ3) is 3.26. The topological polar surface area (TPSA) is 50.5 Å². The molecule has 4 rings (SSSR count). The van der Waals surface area contributed by atoms with Crippen molar-refractivity contribution in [1.82, 2.24) is 9.88 Å². The molecule has 0 spiro atoms. The molecule has 0 amide bonds. The first-order valence-electron chi connectivity index (χ1n) is 8.42. The lowest BCUT2D eigenvalue weighted by atomic mass is 10.0. The van der Waals surface area contributed by atoms with E-state index in [1.165, 1.54) is 12.8 Å². The zero-order chi connectivity index (χ0) is 15.5. The Morgan fingerprint density at radius 3 is 3.09 bits per heavy atom. The van der Waals surface area contributed by atoms with Crippen LogP contribution in [0.5, 0.6) is 0 Å². The van der Waals surface area contributed by atoms with E-state index in [0.717, 1.165) is 37.7 Å². The minimum absolute atomic E-state index is 0.322. The summed E-state index contributed by atoms with van der Waals surface area (Å²) in [5, 5.41) is 3.50. The minimum atomic E-state index is 0.322. The highest BCUT2D eigenvalue weighted by Gasteiger charge is 2.42. The Morgan fingerprint density at radius 2 is 2.26 bits per heavy atom. The van der Waals surface area contributed by atoms with Crippen molar-refractivity contribution in [2.75, 3.05) is 25.0 Å². The average molecular weight is 313 g/mol. The molecule has 3 atom stereocenters. The van der Waals surface area contributed by atoms with E-state index in [1.807, 2.05) is 18.3 Å². The van der Waals surface area contributed by atoms with Gasteiger partial charge in [-0.1, -0.05) is 0 Å². The molecule has 5 nitrogen and oxygen atoms in total. The Bertz CT molecular complexity index is 602. The first kappa shape index (κ1) is 14.7. The van der Waals surface area contributed by atoms with E-state index < -0.39 is 0 Å². The quantitative estimate of drug-likeness (QED) is 0.920. The molecule has 1 saturated carbocycles. The first-order chi connectivity index (χ1) is 11.4. The van der Waals surface area contributed by atoms with Gasteiger partial charge in [0.15, 0.2) is 0 Å². The number of morpholine rings is 1. The van der Waals surface area contributed by atoms with Crippen LogP contribution >= 0.6 is 0 Å². The average Bonchev–Trinajstić information content (AvgIpc) is 3.24. The van der Waals surface area contributed by atoms with Crippen LogP contribution in [-0.2, 0) is 11.3 Å². The highest BCUT2D eigenvalue weighted by atomic mass is 16.5. The molecular weight excluding hydrogens is 290 g/mol. The van der Waals surface area contributed by atoms with Gasteiger partial charge < -0.3 is 14.5 Å².